The molecule has 5 rings (SSSR count). The summed E-state index contributed by atoms with van der Waals surface area (Å²) in [5.41, 5.74) is 2.56. The van der Waals surface area contributed by atoms with E-state index in [1.165, 1.54) is 0 Å². The Morgan fingerprint density at radius 1 is 1.21 bits per heavy atom. The van der Waals surface area contributed by atoms with Gasteiger partial charge in [-0.3, -0.25) is 4.79 Å². The van der Waals surface area contributed by atoms with Crippen molar-refractivity contribution in [2.45, 2.75) is 32.7 Å². The second kappa shape index (κ2) is 6.42. The molecule has 1 N–H and O–H groups in total. The van der Waals surface area contributed by atoms with Crippen LogP contribution in [-0.2, 0) is 4.79 Å². The highest BCUT2D eigenvalue weighted by Crippen LogP contribution is 2.48. The van der Waals surface area contributed by atoms with E-state index in [-0.39, 0.29) is 17.2 Å². The number of aromatic nitrogens is 1. The van der Waals surface area contributed by atoms with Crippen molar-refractivity contribution < 1.29 is 9.53 Å². The summed E-state index contributed by atoms with van der Waals surface area (Å²) in [4.78, 5) is 17.8. The third kappa shape index (κ3) is 3.05. The molecule has 1 aromatic heterocycles. The Morgan fingerprint density at radius 3 is 2.86 bits per heavy atom. The number of para-hydroxylation sites is 1. The number of halogens is 1. The molecule has 0 amide bonds. The lowest BCUT2D eigenvalue weighted by Crippen LogP contribution is -2.34. The van der Waals surface area contributed by atoms with Crippen molar-refractivity contribution >= 4 is 48.4 Å². The van der Waals surface area contributed by atoms with E-state index in [9.17, 15) is 4.79 Å². The van der Waals surface area contributed by atoms with Crippen LogP contribution >= 0.6 is 27.3 Å². The predicted octanol–water partition coefficient (Wildman–Crippen LogP) is 6.25. The fourth-order valence-electron chi connectivity index (χ4n) is 4.02. The lowest BCUT2D eigenvalue weighted by atomic mass is 9.73. The molecule has 0 radical (unpaired) electrons. The van der Waals surface area contributed by atoms with Crippen LogP contribution in [0.15, 0.2) is 58.3 Å². The van der Waals surface area contributed by atoms with Crippen LogP contribution in [-0.4, -0.2) is 10.8 Å². The van der Waals surface area contributed by atoms with Crippen molar-refractivity contribution in [2.75, 3.05) is 5.32 Å². The zero-order valence-corrected chi connectivity index (χ0v) is 18.0. The topological polar surface area (TPSA) is 51.2 Å². The first-order valence-corrected chi connectivity index (χ1v) is 10.9. The van der Waals surface area contributed by atoms with E-state index in [2.05, 4.69) is 41.2 Å². The molecule has 2 aromatic carbocycles. The number of ketones is 1. The SMILES string of the molecule is CC1(C)CC(=O)C2=C(C1)Oc1ccc(Br)cc1C2Nc1nc2ccccc2s1. The molecule has 2 aliphatic rings. The Labute approximate surface area is 175 Å². The minimum Gasteiger partial charge on any atom is -0.461 e. The molecule has 1 atom stereocenters. The van der Waals surface area contributed by atoms with E-state index in [0.717, 1.165) is 48.9 Å². The molecule has 0 bridgehead atoms. The minimum atomic E-state index is -0.264. The molecule has 1 unspecified atom stereocenters. The fourth-order valence-corrected chi connectivity index (χ4v) is 5.30. The van der Waals surface area contributed by atoms with Gasteiger partial charge in [-0.2, -0.15) is 0 Å². The summed E-state index contributed by atoms with van der Waals surface area (Å²) in [6.45, 7) is 4.23. The highest BCUT2D eigenvalue weighted by Gasteiger charge is 2.41. The highest BCUT2D eigenvalue weighted by atomic mass is 79.9. The fraction of sp³-hybridized carbons (Fsp3) is 0.273. The smallest absolute Gasteiger partial charge is 0.184 e. The second-order valence-electron chi connectivity index (χ2n) is 8.13. The Hall–Kier alpha value is -2.18. The van der Waals surface area contributed by atoms with Gasteiger partial charge in [0.25, 0.3) is 0 Å². The number of nitrogens with one attached hydrogen (secondary N) is 1. The first-order chi connectivity index (χ1) is 13.4. The van der Waals surface area contributed by atoms with E-state index in [1.54, 1.807) is 11.3 Å². The number of benzene rings is 2. The number of ether oxygens (including phenoxy) is 1. The molecule has 3 aromatic rings. The van der Waals surface area contributed by atoms with Crippen molar-refractivity contribution in [1.82, 2.24) is 4.98 Å². The van der Waals surface area contributed by atoms with Gasteiger partial charge in [-0.25, -0.2) is 4.98 Å². The van der Waals surface area contributed by atoms with Crippen molar-refractivity contribution in [2.24, 2.45) is 5.41 Å². The Balaban J connectivity index is 1.63. The zero-order valence-electron chi connectivity index (χ0n) is 15.6. The molecule has 28 heavy (non-hydrogen) atoms. The molecule has 2 heterocycles. The number of hydrogen-bond acceptors (Lipinski definition) is 5. The molecule has 4 nitrogen and oxygen atoms in total. The second-order valence-corrected chi connectivity index (χ2v) is 10.1. The monoisotopic (exact) mass is 454 g/mol. The normalized spacial score (nSPS) is 20.5. The van der Waals surface area contributed by atoms with Crippen LogP contribution in [0.25, 0.3) is 10.2 Å². The van der Waals surface area contributed by atoms with Crippen LogP contribution in [0, 0.1) is 5.41 Å². The zero-order chi connectivity index (χ0) is 19.5. The molecular weight excluding hydrogens is 436 g/mol. The summed E-state index contributed by atoms with van der Waals surface area (Å²) in [5, 5.41) is 4.35. The van der Waals surface area contributed by atoms with Crippen molar-refractivity contribution in [3.05, 3.63) is 63.8 Å². The summed E-state index contributed by atoms with van der Waals surface area (Å²) in [7, 11) is 0. The lowest BCUT2D eigenvalue weighted by molar-refractivity contribution is -0.118. The van der Waals surface area contributed by atoms with Gasteiger partial charge < -0.3 is 10.1 Å². The van der Waals surface area contributed by atoms with Crippen molar-refractivity contribution in [1.29, 1.82) is 0 Å². The average Bonchev–Trinajstić information content (AvgIpc) is 3.03. The number of allylic oxidation sites excluding steroid dienone is 1. The lowest BCUT2D eigenvalue weighted by Gasteiger charge is -2.38. The Bertz CT molecular complexity index is 1120. The summed E-state index contributed by atoms with van der Waals surface area (Å²) in [5.74, 6) is 1.73. The maximum atomic E-state index is 13.1. The molecule has 6 heteroatoms. The number of nitrogens with zero attached hydrogens (tertiary/aromatic N) is 1. The van der Waals surface area contributed by atoms with E-state index in [1.807, 2.05) is 36.4 Å². The quantitative estimate of drug-likeness (QED) is 0.497. The molecule has 0 spiro atoms. The third-order valence-electron chi connectivity index (χ3n) is 5.25. The van der Waals surface area contributed by atoms with Gasteiger partial charge in [-0.1, -0.05) is 53.2 Å². The van der Waals surface area contributed by atoms with Gasteiger partial charge in [0.05, 0.1) is 21.8 Å². The van der Waals surface area contributed by atoms with Crippen LogP contribution < -0.4 is 10.1 Å². The van der Waals surface area contributed by atoms with Gasteiger partial charge in [-0.15, -0.1) is 0 Å². The molecule has 1 aliphatic heterocycles. The summed E-state index contributed by atoms with van der Waals surface area (Å²) in [6, 6.07) is 13.8. The number of rotatable bonds is 2. The number of anilines is 1. The van der Waals surface area contributed by atoms with Crippen LogP contribution in [0.4, 0.5) is 5.13 Å². The number of hydrogen-bond donors (Lipinski definition) is 1. The summed E-state index contributed by atoms with van der Waals surface area (Å²) < 4.78 is 8.28. The minimum absolute atomic E-state index is 0.0941. The molecule has 0 saturated heterocycles. The largest absolute Gasteiger partial charge is 0.461 e. The number of carbonyl (C=O) groups is 1. The maximum Gasteiger partial charge on any atom is 0.184 e. The van der Waals surface area contributed by atoms with Gasteiger partial charge in [-0.05, 0) is 35.7 Å². The van der Waals surface area contributed by atoms with Crippen molar-refractivity contribution in [3.8, 4) is 5.75 Å². The summed E-state index contributed by atoms with van der Waals surface area (Å²) in [6.07, 6.45) is 1.28. The third-order valence-corrected chi connectivity index (χ3v) is 6.71. The molecule has 1 aliphatic carbocycles. The van der Waals surface area contributed by atoms with Crippen LogP contribution in [0.3, 0.4) is 0 Å². The van der Waals surface area contributed by atoms with E-state index in [4.69, 9.17) is 9.72 Å². The molecule has 0 fully saturated rings. The van der Waals surface area contributed by atoms with Gasteiger partial charge in [0.1, 0.15) is 11.5 Å². The van der Waals surface area contributed by atoms with Gasteiger partial charge in [0.2, 0.25) is 0 Å². The Morgan fingerprint density at radius 2 is 2.04 bits per heavy atom. The molecule has 0 saturated carbocycles. The number of fused-ring (bicyclic) bond motifs is 2. The standard InChI is InChI=1S/C22H19BrN2O2S/c1-22(2)10-15(26)19-17(11-22)27-16-8-7-12(23)9-13(16)20(19)25-21-24-14-5-3-4-6-18(14)28-21/h3-9,20H,10-11H2,1-2H3,(H,24,25). The molecular formula is C22H19BrN2O2S. The number of thiazole rings is 1. The van der Waals surface area contributed by atoms with E-state index in [0.29, 0.717) is 6.42 Å². The highest BCUT2D eigenvalue weighted by molar-refractivity contribution is 9.10. The van der Waals surface area contributed by atoms with Crippen LogP contribution in [0.1, 0.15) is 38.3 Å². The van der Waals surface area contributed by atoms with Gasteiger partial charge in [0, 0.05) is 22.9 Å². The number of carbonyl (C=O) groups excluding carboxylic acids is 1. The predicted molar refractivity (Wildman–Crippen MR) is 116 cm³/mol. The van der Waals surface area contributed by atoms with Gasteiger partial charge >= 0.3 is 0 Å². The Kier molecular flexibility index (Phi) is 4.10. The van der Waals surface area contributed by atoms with Crippen LogP contribution in [0.5, 0.6) is 5.75 Å². The van der Waals surface area contributed by atoms with Crippen LogP contribution in [0.2, 0.25) is 0 Å². The van der Waals surface area contributed by atoms with Crippen molar-refractivity contribution in [3.63, 3.8) is 0 Å². The number of Topliss-reactive ketones (excluding diaryl/α,β-unsaturated/α-hetero) is 1. The first kappa shape index (κ1) is 17.9. The van der Waals surface area contributed by atoms with E-state index >= 15 is 0 Å². The first-order valence-electron chi connectivity index (χ1n) is 9.25. The average molecular weight is 455 g/mol. The molecule has 142 valence electrons. The van der Waals surface area contributed by atoms with Gasteiger partial charge in [0.15, 0.2) is 10.9 Å². The maximum absolute atomic E-state index is 13.1. The summed E-state index contributed by atoms with van der Waals surface area (Å²) >= 11 is 5.16. The van der Waals surface area contributed by atoms with E-state index < -0.39 is 0 Å².